The zero-order valence-electron chi connectivity index (χ0n) is 15.9. The van der Waals surface area contributed by atoms with Crippen molar-refractivity contribution < 1.29 is 24.0 Å². The Labute approximate surface area is 170 Å². The Morgan fingerprint density at radius 3 is 2.73 bits per heavy atom. The van der Waals surface area contributed by atoms with Gasteiger partial charge in [0, 0.05) is 24.9 Å². The summed E-state index contributed by atoms with van der Waals surface area (Å²) in [5.74, 6) is -0.628. The van der Waals surface area contributed by atoms with Gasteiger partial charge in [-0.2, -0.15) is 0 Å². The summed E-state index contributed by atoms with van der Waals surface area (Å²) in [6, 6.07) is 12.1. The number of nitro groups is 1. The maximum atomic E-state index is 14.2. The highest BCUT2D eigenvalue weighted by Gasteiger charge is 2.12. The van der Waals surface area contributed by atoms with Gasteiger partial charge in [0.25, 0.3) is 11.3 Å². The molecule has 0 amide bonds. The first-order valence-corrected chi connectivity index (χ1v) is 8.73. The molecule has 156 valence electrons. The molecule has 1 heterocycles. The number of nitrogens with one attached hydrogen (secondary N) is 1. The molecule has 1 aromatic heterocycles. The lowest BCUT2D eigenvalue weighted by atomic mass is 10.3. The second kappa shape index (κ2) is 9.47. The van der Waals surface area contributed by atoms with E-state index in [1.807, 2.05) is 0 Å². The van der Waals surface area contributed by atoms with Crippen LogP contribution in [0.2, 0.25) is 0 Å². The number of ether oxygens (including phenoxy) is 2. The predicted molar refractivity (Wildman–Crippen MR) is 105 cm³/mol. The number of halogens is 1. The molecule has 0 bridgehead atoms. The van der Waals surface area contributed by atoms with Crippen molar-refractivity contribution in [3.05, 3.63) is 76.3 Å². The fourth-order valence-electron chi connectivity index (χ4n) is 2.43. The topological polar surface area (TPSA) is 124 Å². The molecular weight excluding hydrogens is 397 g/mol. The minimum Gasteiger partial charge on any atom is -0.491 e. The maximum Gasteiger partial charge on any atom is 0.271 e. The molecule has 30 heavy (non-hydrogen) atoms. The molecule has 0 radical (unpaired) electrons. The van der Waals surface area contributed by atoms with Crippen LogP contribution in [0, 0.1) is 15.9 Å². The van der Waals surface area contributed by atoms with Crippen LogP contribution < -0.4 is 15.7 Å². The number of non-ortho nitro benzene ring substituents is 1. The van der Waals surface area contributed by atoms with Crippen molar-refractivity contribution in [2.45, 2.75) is 0 Å². The second-order valence-electron chi connectivity index (χ2n) is 5.95. The number of anilines is 2. The van der Waals surface area contributed by atoms with E-state index in [-0.39, 0.29) is 22.8 Å². The first-order valence-electron chi connectivity index (χ1n) is 8.73. The molecule has 0 aliphatic carbocycles. The van der Waals surface area contributed by atoms with Gasteiger partial charge in [-0.1, -0.05) is 6.07 Å². The monoisotopic (exact) mass is 415 g/mol. The SMILES string of the molecule is COCCOc1ccc(N=c2ncc(F)c(Nc3cccc([N+](=O)[O-])c3)n2O)cc1. The molecule has 3 aromatic rings. The molecule has 0 aliphatic rings. The largest absolute Gasteiger partial charge is 0.491 e. The lowest BCUT2D eigenvalue weighted by Crippen LogP contribution is -2.25. The molecule has 0 aliphatic heterocycles. The number of aromatic nitrogens is 2. The predicted octanol–water partition coefficient (Wildman–Crippen LogP) is 3.17. The van der Waals surface area contributed by atoms with Crippen LogP contribution in [0.15, 0.2) is 59.7 Å². The third-order valence-corrected chi connectivity index (χ3v) is 3.86. The van der Waals surface area contributed by atoms with Gasteiger partial charge in [0.1, 0.15) is 12.4 Å². The van der Waals surface area contributed by atoms with E-state index in [2.05, 4.69) is 15.3 Å². The second-order valence-corrected chi connectivity index (χ2v) is 5.95. The van der Waals surface area contributed by atoms with Gasteiger partial charge in [-0.05, 0) is 30.3 Å². The molecule has 0 atom stereocenters. The Bertz CT molecular complexity index is 1100. The first-order chi connectivity index (χ1) is 14.5. The highest BCUT2D eigenvalue weighted by atomic mass is 19.1. The Kier molecular flexibility index (Phi) is 6.55. The molecule has 0 saturated heterocycles. The van der Waals surface area contributed by atoms with Gasteiger partial charge in [0.15, 0.2) is 11.6 Å². The van der Waals surface area contributed by atoms with E-state index >= 15 is 0 Å². The maximum absolute atomic E-state index is 14.2. The summed E-state index contributed by atoms with van der Waals surface area (Å²) in [5.41, 5.74) is 0.270. The van der Waals surface area contributed by atoms with E-state index < -0.39 is 10.7 Å². The Morgan fingerprint density at radius 2 is 2.03 bits per heavy atom. The molecular formula is C19H18FN5O5. The van der Waals surface area contributed by atoms with Crippen molar-refractivity contribution >= 4 is 22.9 Å². The van der Waals surface area contributed by atoms with Crippen LogP contribution in [0.25, 0.3) is 0 Å². The number of methoxy groups -OCH3 is 1. The van der Waals surface area contributed by atoms with Gasteiger partial charge in [-0.15, -0.1) is 4.73 Å². The molecule has 11 heteroatoms. The summed E-state index contributed by atoms with van der Waals surface area (Å²) in [5, 5.41) is 23.9. The van der Waals surface area contributed by atoms with Crippen molar-refractivity contribution in [2.24, 2.45) is 4.99 Å². The molecule has 3 rings (SSSR count). The van der Waals surface area contributed by atoms with E-state index in [1.165, 1.54) is 24.3 Å². The molecule has 0 unspecified atom stereocenters. The molecule has 0 spiro atoms. The summed E-state index contributed by atoms with van der Waals surface area (Å²) in [6.07, 6.45) is 0.882. The summed E-state index contributed by atoms with van der Waals surface area (Å²) in [6.45, 7) is 0.853. The van der Waals surface area contributed by atoms with Crippen LogP contribution in [-0.4, -0.2) is 40.2 Å². The van der Waals surface area contributed by atoms with Crippen LogP contribution in [0.3, 0.4) is 0 Å². The average molecular weight is 415 g/mol. The van der Waals surface area contributed by atoms with Crippen molar-refractivity contribution in [3.63, 3.8) is 0 Å². The average Bonchev–Trinajstić information content (AvgIpc) is 2.75. The van der Waals surface area contributed by atoms with Gasteiger partial charge in [0.2, 0.25) is 0 Å². The Morgan fingerprint density at radius 1 is 1.27 bits per heavy atom. The Hall–Kier alpha value is -3.99. The van der Waals surface area contributed by atoms with Gasteiger partial charge < -0.3 is 20.0 Å². The van der Waals surface area contributed by atoms with Gasteiger partial charge in [0.05, 0.1) is 23.4 Å². The smallest absolute Gasteiger partial charge is 0.271 e. The summed E-state index contributed by atoms with van der Waals surface area (Å²) in [4.78, 5) is 18.3. The number of rotatable bonds is 8. The fraction of sp³-hybridized carbons (Fsp3) is 0.158. The van der Waals surface area contributed by atoms with Crippen LogP contribution in [0.1, 0.15) is 0 Å². The summed E-state index contributed by atoms with van der Waals surface area (Å²) in [7, 11) is 1.58. The molecule has 2 N–H and O–H groups in total. The lowest BCUT2D eigenvalue weighted by molar-refractivity contribution is -0.384. The van der Waals surface area contributed by atoms with Crippen LogP contribution in [-0.2, 0) is 4.74 Å². The van der Waals surface area contributed by atoms with Crippen LogP contribution in [0.4, 0.5) is 27.3 Å². The van der Waals surface area contributed by atoms with E-state index in [9.17, 15) is 19.7 Å². The van der Waals surface area contributed by atoms with Crippen molar-refractivity contribution in [1.82, 2.24) is 9.71 Å². The van der Waals surface area contributed by atoms with E-state index in [4.69, 9.17) is 9.47 Å². The molecule has 0 saturated carbocycles. The first kappa shape index (κ1) is 20.7. The van der Waals surface area contributed by atoms with Crippen molar-refractivity contribution in [2.75, 3.05) is 25.6 Å². The third kappa shape index (κ3) is 5.08. The fourth-order valence-corrected chi connectivity index (χ4v) is 2.43. The standard InChI is InChI=1S/C19H18FN5O5/c1-29-9-10-30-16-7-5-13(6-8-16)23-19-21-12-17(20)18(24(19)26)22-14-3-2-4-15(11-14)25(27)28/h2-8,11-12,22,26H,9-10H2,1H3. The number of benzene rings is 2. The van der Waals surface area contributed by atoms with Crippen molar-refractivity contribution in [3.8, 4) is 5.75 Å². The van der Waals surface area contributed by atoms with E-state index in [1.54, 1.807) is 31.4 Å². The van der Waals surface area contributed by atoms with Crippen LogP contribution in [0.5, 0.6) is 5.75 Å². The van der Waals surface area contributed by atoms with E-state index in [0.717, 1.165) is 6.20 Å². The number of hydrogen-bond acceptors (Lipinski definition) is 8. The van der Waals surface area contributed by atoms with Crippen molar-refractivity contribution in [1.29, 1.82) is 0 Å². The quantitative estimate of drug-likeness (QED) is 0.251. The Balaban J connectivity index is 1.87. The normalized spacial score (nSPS) is 11.3. The van der Waals surface area contributed by atoms with Gasteiger partial charge >= 0.3 is 0 Å². The number of nitrogens with zero attached hydrogens (tertiary/aromatic N) is 4. The zero-order chi connectivity index (χ0) is 21.5. The highest BCUT2D eigenvalue weighted by Crippen LogP contribution is 2.22. The third-order valence-electron chi connectivity index (χ3n) is 3.86. The highest BCUT2D eigenvalue weighted by molar-refractivity contribution is 5.59. The van der Waals surface area contributed by atoms with E-state index in [0.29, 0.717) is 29.4 Å². The minimum atomic E-state index is -0.871. The molecule has 10 nitrogen and oxygen atoms in total. The van der Waals surface area contributed by atoms with Gasteiger partial charge in [-0.3, -0.25) is 10.1 Å². The number of hydrogen-bond donors (Lipinski definition) is 2. The summed E-state index contributed by atoms with van der Waals surface area (Å²) < 4.78 is 25.0. The zero-order valence-corrected chi connectivity index (χ0v) is 15.9. The number of nitro benzene ring substituents is 1. The summed E-state index contributed by atoms with van der Waals surface area (Å²) >= 11 is 0. The van der Waals surface area contributed by atoms with Crippen LogP contribution >= 0.6 is 0 Å². The molecule has 0 fully saturated rings. The van der Waals surface area contributed by atoms with Gasteiger partial charge in [-0.25, -0.2) is 14.4 Å². The lowest BCUT2D eigenvalue weighted by Gasteiger charge is -2.11. The minimum absolute atomic E-state index is 0.184. The molecule has 2 aromatic carbocycles.